The van der Waals surface area contributed by atoms with E-state index in [1.807, 2.05) is 24.3 Å². The van der Waals surface area contributed by atoms with E-state index in [-0.39, 0.29) is 12.5 Å². The molecule has 0 saturated heterocycles. The maximum Gasteiger partial charge on any atom is 0.246 e. The lowest BCUT2D eigenvalue weighted by atomic mass is 10.3. The third-order valence-electron chi connectivity index (χ3n) is 3.49. The number of carbonyl (C=O) groups is 1. The first-order chi connectivity index (χ1) is 11.2. The lowest BCUT2D eigenvalue weighted by Gasteiger charge is -2.19. The van der Waals surface area contributed by atoms with Crippen molar-refractivity contribution >= 4 is 11.6 Å². The minimum atomic E-state index is -0.171. The number of aromatic nitrogens is 3. The zero-order chi connectivity index (χ0) is 16.5. The molecule has 124 valence electrons. The average molecular weight is 317 g/mol. The highest BCUT2D eigenvalue weighted by Crippen LogP contribution is 2.23. The van der Waals surface area contributed by atoms with E-state index >= 15 is 0 Å². The Balaban J connectivity index is 1.90. The van der Waals surface area contributed by atoms with Crippen LogP contribution in [-0.2, 0) is 11.3 Å². The van der Waals surface area contributed by atoms with Crippen molar-refractivity contribution in [2.24, 2.45) is 0 Å². The molecule has 1 amide bonds. The van der Waals surface area contributed by atoms with Crippen LogP contribution >= 0.6 is 0 Å². The Morgan fingerprint density at radius 2 is 2.09 bits per heavy atom. The second kappa shape index (κ2) is 8.89. The van der Waals surface area contributed by atoms with Crippen LogP contribution in [0.3, 0.4) is 0 Å². The van der Waals surface area contributed by atoms with Gasteiger partial charge in [-0.2, -0.15) is 5.10 Å². The predicted octanol–water partition coefficient (Wildman–Crippen LogP) is 1.64. The zero-order valence-electron chi connectivity index (χ0n) is 13.6. The molecule has 7 heteroatoms. The topological polar surface area (TPSA) is 72.3 Å². The van der Waals surface area contributed by atoms with Crippen molar-refractivity contribution in [1.82, 2.24) is 19.7 Å². The van der Waals surface area contributed by atoms with E-state index in [1.54, 1.807) is 0 Å². The van der Waals surface area contributed by atoms with Gasteiger partial charge in [0.15, 0.2) is 0 Å². The molecule has 0 saturated carbocycles. The molecule has 0 radical (unpaired) electrons. The molecular formula is C16H23N5O2. The molecule has 1 N–H and O–H groups in total. The second-order valence-electron chi connectivity index (χ2n) is 5.01. The fraction of sp³-hybridized carbons (Fsp3) is 0.438. The summed E-state index contributed by atoms with van der Waals surface area (Å²) in [5.41, 5.74) is 0.664. The van der Waals surface area contributed by atoms with E-state index in [4.69, 9.17) is 4.74 Å². The van der Waals surface area contributed by atoms with Crippen molar-refractivity contribution in [3.8, 4) is 5.75 Å². The monoisotopic (exact) mass is 317 g/mol. The summed E-state index contributed by atoms with van der Waals surface area (Å²) in [4.78, 5) is 18.1. The van der Waals surface area contributed by atoms with Crippen LogP contribution < -0.4 is 10.1 Å². The summed E-state index contributed by atoms with van der Waals surface area (Å²) < 4.78 is 7.29. The summed E-state index contributed by atoms with van der Waals surface area (Å²) >= 11 is 0. The zero-order valence-corrected chi connectivity index (χ0v) is 13.6. The first kappa shape index (κ1) is 17.0. The molecule has 0 unspecified atom stereocenters. The van der Waals surface area contributed by atoms with Gasteiger partial charge in [0.1, 0.15) is 31.6 Å². The Morgan fingerprint density at radius 1 is 1.30 bits per heavy atom. The summed E-state index contributed by atoms with van der Waals surface area (Å²) in [6.07, 6.45) is 2.91. The predicted molar refractivity (Wildman–Crippen MR) is 88.4 cm³/mol. The molecule has 0 aliphatic carbocycles. The summed E-state index contributed by atoms with van der Waals surface area (Å²) in [5, 5.41) is 6.76. The molecule has 2 rings (SSSR count). The van der Waals surface area contributed by atoms with Gasteiger partial charge in [0.25, 0.3) is 0 Å². The van der Waals surface area contributed by atoms with Gasteiger partial charge < -0.3 is 15.0 Å². The number of rotatable bonds is 9. The van der Waals surface area contributed by atoms with E-state index in [0.717, 1.165) is 19.6 Å². The minimum absolute atomic E-state index is 0.119. The average Bonchev–Trinajstić information content (AvgIpc) is 3.06. The van der Waals surface area contributed by atoms with Crippen LogP contribution in [0.2, 0.25) is 0 Å². The van der Waals surface area contributed by atoms with E-state index in [2.05, 4.69) is 34.1 Å². The van der Waals surface area contributed by atoms with Crippen molar-refractivity contribution in [1.29, 1.82) is 0 Å². The number of likely N-dealkylation sites (N-methyl/N-ethyl adjacent to an activating group) is 1. The van der Waals surface area contributed by atoms with Crippen LogP contribution in [0.5, 0.6) is 5.75 Å². The van der Waals surface area contributed by atoms with Gasteiger partial charge in [0, 0.05) is 6.54 Å². The van der Waals surface area contributed by atoms with Crippen molar-refractivity contribution < 1.29 is 9.53 Å². The summed E-state index contributed by atoms with van der Waals surface area (Å²) in [7, 11) is 0. The first-order valence-electron chi connectivity index (χ1n) is 7.79. The number of anilines is 1. The van der Waals surface area contributed by atoms with Crippen LogP contribution in [0.15, 0.2) is 36.9 Å². The summed E-state index contributed by atoms with van der Waals surface area (Å²) in [5.74, 6) is 0.502. The molecule has 23 heavy (non-hydrogen) atoms. The Kier molecular flexibility index (Phi) is 6.56. The van der Waals surface area contributed by atoms with Gasteiger partial charge in [-0.15, -0.1) is 0 Å². The quantitative estimate of drug-likeness (QED) is 0.761. The number of ether oxygens (including phenoxy) is 1. The molecule has 0 aliphatic rings. The maximum atomic E-state index is 12.0. The molecular weight excluding hydrogens is 294 g/mol. The molecule has 7 nitrogen and oxygen atoms in total. The van der Waals surface area contributed by atoms with Crippen molar-refractivity contribution in [3.63, 3.8) is 0 Å². The summed E-state index contributed by atoms with van der Waals surface area (Å²) in [6.45, 7) is 7.80. The number of hydrogen-bond acceptors (Lipinski definition) is 5. The number of nitrogens with zero attached hydrogens (tertiary/aromatic N) is 4. The molecule has 1 aromatic carbocycles. The van der Waals surface area contributed by atoms with Crippen molar-refractivity contribution in [2.45, 2.75) is 20.4 Å². The fourth-order valence-electron chi connectivity index (χ4n) is 2.17. The maximum absolute atomic E-state index is 12.0. The first-order valence-corrected chi connectivity index (χ1v) is 7.79. The standard InChI is InChI=1S/C16H23N5O2/c1-3-20(4-2)9-10-23-15-8-6-5-7-14(15)19-16(22)11-21-13-17-12-18-21/h5-8,12-13H,3-4,9-11H2,1-2H3,(H,19,22). The second-order valence-corrected chi connectivity index (χ2v) is 5.01. The molecule has 2 aromatic rings. The lowest BCUT2D eigenvalue weighted by Crippen LogP contribution is -2.28. The number of amides is 1. The highest BCUT2D eigenvalue weighted by atomic mass is 16.5. The Hall–Kier alpha value is -2.41. The van der Waals surface area contributed by atoms with Crippen LogP contribution in [0.1, 0.15) is 13.8 Å². The van der Waals surface area contributed by atoms with Crippen LogP contribution in [0.4, 0.5) is 5.69 Å². The Morgan fingerprint density at radius 3 is 2.78 bits per heavy atom. The van der Waals surface area contributed by atoms with Gasteiger partial charge in [0.2, 0.25) is 5.91 Å². The lowest BCUT2D eigenvalue weighted by molar-refractivity contribution is -0.116. The van der Waals surface area contributed by atoms with Gasteiger partial charge >= 0.3 is 0 Å². The third-order valence-corrected chi connectivity index (χ3v) is 3.49. The number of para-hydroxylation sites is 2. The smallest absolute Gasteiger partial charge is 0.246 e. The van der Waals surface area contributed by atoms with Crippen LogP contribution in [0, 0.1) is 0 Å². The normalized spacial score (nSPS) is 10.7. The molecule has 0 fully saturated rings. The molecule has 0 atom stereocenters. The molecule has 0 aliphatic heterocycles. The number of benzene rings is 1. The van der Waals surface area contributed by atoms with E-state index in [0.29, 0.717) is 18.0 Å². The summed E-state index contributed by atoms with van der Waals surface area (Å²) in [6, 6.07) is 7.43. The van der Waals surface area contributed by atoms with Gasteiger partial charge in [-0.1, -0.05) is 26.0 Å². The fourth-order valence-corrected chi connectivity index (χ4v) is 2.17. The molecule has 1 heterocycles. The van der Waals surface area contributed by atoms with Crippen LogP contribution in [-0.4, -0.2) is 51.8 Å². The Labute approximate surface area is 136 Å². The van der Waals surface area contributed by atoms with Gasteiger partial charge in [-0.3, -0.25) is 4.79 Å². The molecule has 0 spiro atoms. The van der Waals surface area contributed by atoms with Crippen LogP contribution in [0.25, 0.3) is 0 Å². The van der Waals surface area contributed by atoms with E-state index < -0.39 is 0 Å². The SMILES string of the molecule is CCN(CC)CCOc1ccccc1NC(=O)Cn1cncn1. The number of nitrogens with one attached hydrogen (secondary N) is 1. The minimum Gasteiger partial charge on any atom is -0.490 e. The van der Waals surface area contributed by atoms with Crippen molar-refractivity contribution in [2.75, 3.05) is 31.6 Å². The van der Waals surface area contributed by atoms with E-state index in [9.17, 15) is 4.79 Å². The highest BCUT2D eigenvalue weighted by molar-refractivity contribution is 5.92. The molecule has 0 bridgehead atoms. The number of carbonyl (C=O) groups excluding carboxylic acids is 1. The van der Waals surface area contributed by atoms with Gasteiger partial charge in [-0.25, -0.2) is 9.67 Å². The van der Waals surface area contributed by atoms with Gasteiger partial charge in [-0.05, 0) is 25.2 Å². The highest BCUT2D eigenvalue weighted by Gasteiger charge is 2.09. The van der Waals surface area contributed by atoms with Crippen molar-refractivity contribution in [3.05, 3.63) is 36.9 Å². The van der Waals surface area contributed by atoms with E-state index in [1.165, 1.54) is 17.3 Å². The molecule has 1 aromatic heterocycles. The third kappa shape index (κ3) is 5.37. The Bertz CT molecular complexity index is 596. The largest absolute Gasteiger partial charge is 0.490 e. The van der Waals surface area contributed by atoms with Gasteiger partial charge in [0.05, 0.1) is 5.69 Å². The number of hydrogen-bond donors (Lipinski definition) is 1.